The van der Waals surface area contributed by atoms with Crippen LogP contribution in [0.4, 0.5) is 0 Å². The molecule has 3 nitrogen and oxygen atoms in total. The molecule has 0 amide bonds. The van der Waals surface area contributed by atoms with Crippen molar-refractivity contribution in [1.82, 2.24) is 15.0 Å². The van der Waals surface area contributed by atoms with Gasteiger partial charge in [-0.25, -0.2) is 15.0 Å². The van der Waals surface area contributed by atoms with E-state index in [1.165, 1.54) is 48.0 Å². The minimum absolute atomic E-state index is 0.638. The van der Waals surface area contributed by atoms with Crippen LogP contribution in [0.3, 0.4) is 0 Å². The fraction of sp³-hybridized carbons (Fsp3) is 0.0192. The molecule has 0 fully saturated rings. The molecular formula is C52H35N3S. The third-order valence-electron chi connectivity index (χ3n) is 10.4. The van der Waals surface area contributed by atoms with E-state index in [0.29, 0.717) is 17.5 Å². The summed E-state index contributed by atoms with van der Waals surface area (Å²) in [4.78, 5) is 15.3. The van der Waals surface area contributed by atoms with E-state index < -0.39 is 0 Å². The van der Waals surface area contributed by atoms with E-state index in [-0.39, 0.29) is 0 Å². The van der Waals surface area contributed by atoms with Gasteiger partial charge in [-0.05, 0) is 75.7 Å². The summed E-state index contributed by atoms with van der Waals surface area (Å²) >= 11 is 1.87. The molecule has 2 aromatic heterocycles. The molecule has 0 aliphatic carbocycles. The molecule has 4 heteroatoms. The Bertz CT molecular complexity index is 3010. The van der Waals surface area contributed by atoms with Gasteiger partial charge in [0.1, 0.15) is 0 Å². The number of benzene rings is 8. The summed E-state index contributed by atoms with van der Waals surface area (Å²) in [6, 6.07) is 68.8. The van der Waals surface area contributed by atoms with Gasteiger partial charge < -0.3 is 0 Å². The first-order valence-electron chi connectivity index (χ1n) is 18.8. The summed E-state index contributed by atoms with van der Waals surface area (Å²) in [7, 11) is 0. The van der Waals surface area contributed by atoms with Crippen molar-refractivity contribution in [1.29, 1.82) is 0 Å². The number of rotatable bonds is 7. The van der Waals surface area contributed by atoms with Gasteiger partial charge in [0.25, 0.3) is 0 Å². The van der Waals surface area contributed by atoms with Crippen LogP contribution in [0.5, 0.6) is 0 Å². The summed E-state index contributed by atoms with van der Waals surface area (Å²) in [5.41, 5.74) is 13.4. The minimum atomic E-state index is 0.638. The van der Waals surface area contributed by atoms with Crippen LogP contribution in [0.2, 0.25) is 0 Å². The summed E-state index contributed by atoms with van der Waals surface area (Å²) in [5.74, 6) is 1.94. The van der Waals surface area contributed by atoms with Gasteiger partial charge >= 0.3 is 0 Å². The summed E-state index contributed by atoms with van der Waals surface area (Å²) in [5, 5.41) is 2.52. The highest BCUT2D eigenvalue weighted by Gasteiger charge is 2.18. The second-order valence-corrected chi connectivity index (χ2v) is 15.1. The predicted octanol–water partition coefficient (Wildman–Crippen LogP) is 14.2. The second kappa shape index (κ2) is 14.3. The van der Waals surface area contributed by atoms with Crippen LogP contribution in [0, 0.1) is 6.92 Å². The number of aromatic nitrogens is 3. The van der Waals surface area contributed by atoms with E-state index in [1.807, 2.05) is 29.5 Å². The van der Waals surface area contributed by atoms with Crippen LogP contribution in [-0.4, -0.2) is 15.0 Å². The number of thiophene rings is 1. The standard InChI is InChI=1S/C52H35N3S/c1-34-14-11-21-40(30-34)51-53-50(39-19-9-4-10-20-39)54-52(55-51)43-32-41(36-17-7-3-8-18-36)31-42(33-43)45-23-13-25-47-46-24-12-22-44(48(46)56-49(45)47)38-28-26-37(27-29-38)35-15-5-2-6-16-35/h2-33H,1H3. The number of aryl methyl sites for hydroxylation is 1. The zero-order valence-corrected chi connectivity index (χ0v) is 31.5. The number of fused-ring (bicyclic) bond motifs is 3. The lowest BCUT2D eigenvalue weighted by Gasteiger charge is -2.13. The highest BCUT2D eigenvalue weighted by Crippen LogP contribution is 2.45. The van der Waals surface area contributed by atoms with Crippen molar-refractivity contribution in [3.05, 3.63) is 200 Å². The molecule has 0 atom stereocenters. The summed E-state index contributed by atoms with van der Waals surface area (Å²) < 4.78 is 2.54. The molecule has 0 spiro atoms. The van der Waals surface area contributed by atoms with Gasteiger partial charge in [-0.15, -0.1) is 11.3 Å². The molecule has 10 rings (SSSR count). The topological polar surface area (TPSA) is 38.7 Å². The first kappa shape index (κ1) is 33.6. The maximum absolute atomic E-state index is 5.16. The van der Waals surface area contributed by atoms with Gasteiger partial charge in [0.15, 0.2) is 17.5 Å². The van der Waals surface area contributed by atoms with Gasteiger partial charge in [-0.2, -0.15) is 0 Å². The maximum atomic E-state index is 5.16. The van der Waals surface area contributed by atoms with Crippen molar-refractivity contribution in [2.45, 2.75) is 6.92 Å². The molecule has 0 radical (unpaired) electrons. The monoisotopic (exact) mass is 733 g/mol. The molecule has 0 bridgehead atoms. The largest absolute Gasteiger partial charge is 0.208 e. The molecule has 264 valence electrons. The summed E-state index contributed by atoms with van der Waals surface area (Å²) in [6.45, 7) is 2.10. The van der Waals surface area contributed by atoms with Crippen LogP contribution in [-0.2, 0) is 0 Å². The third-order valence-corrected chi connectivity index (χ3v) is 11.7. The average Bonchev–Trinajstić information content (AvgIpc) is 3.66. The Morgan fingerprint density at radius 1 is 0.304 bits per heavy atom. The lowest BCUT2D eigenvalue weighted by molar-refractivity contribution is 1.07. The lowest BCUT2D eigenvalue weighted by atomic mass is 9.94. The van der Waals surface area contributed by atoms with Gasteiger partial charge in [0.05, 0.1) is 0 Å². The first-order valence-corrected chi connectivity index (χ1v) is 19.7. The number of nitrogens with zero attached hydrogens (tertiary/aromatic N) is 3. The van der Waals surface area contributed by atoms with Crippen molar-refractivity contribution in [2.75, 3.05) is 0 Å². The molecule has 10 aromatic rings. The third kappa shape index (κ3) is 6.36. The molecule has 0 aliphatic rings. The van der Waals surface area contributed by atoms with Gasteiger partial charge in [0, 0.05) is 36.9 Å². The van der Waals surface area contributed by atoms with Crippen LogP contribution in [0.1, 0.15) is 5.56 Å². The van der Waals surface area contributed by atoms with Crippen LogP contribution in [0.25, 0.3) is 98.8 Å². The molecule has 0 unspecified atom stereocenters. The first-order chi connectivity index (χ1) is 27.6. The Morgan fingerprint density at radius 3 is 1.34 bits per heavy atom. The van der Waals surface area contributed by atoms with E-state index in [4.69, 9.17) is 15.0 Å². The second-order valence-electron chi connectivity index (χ2n) is 14.1. The highest BCUT2D eigenvalue weighted by atomic mass is 32.1. The highest BCUT2D eigenvalue weighted by molar-refractivity contribution is 7.26. The molecule has 8 aromatic carbocycles. The molecule has 56 heavy (non-hydrogen) atoms. The van der Waals surface area contributed by atoms with E-state index >= 15 is 0 Å². The quantitative estimate of drug-likeness (QED) is 0.164. The fourth-order valence-corrected chi connectivity index (χ4v) is 8.96. The Labute approximate surface area is 330 Å². The van der Waals surface area contributed by atoms with E-state index in [9.17, 15) is 0 Å². The molecule has 0 N–H and O–H groups in total. The summed E-state index contributed by atoms with van der Waals surface area (Å²) in [6.07, 6.45) is 0. The molecule has 0 aliphatic heterocycles. The van der Waals surface area contributed by atoms with Gasteiger partial charge in [0.2, 0.25) is 0 Å². The van der Waals surface area contributed by atoms with Crippen molar-refractivity contribution < 1.29 is 0 Å². The minimum Gasteiger partial charge on any atom is -0.208 e. The zero-order valence-electron chi connectivity index (χ0n) is 30.7. The molecular weight excluding hydrogens is 699 g/mol. The predicted molar refractivity (Wildman–Crippen MR) is 236 cm³/mol. The molecule has 2 heterocycles. The fourth-order valence-electron chi connectivity index (χ4n) is 7.59. The maximum Gasteiger partial charge on any atom is 0.164 e. The van der Waals surface area contributed by atoms with Gasteiger partial charge in [-0.3, -0.25) is 0 Å². The Balaban J connectivity index is 1.15. The Kier molecular flexibility index (Phi) is 8.59. The van der Waals surface area contributed by atoms with E-state index in [0.717, 1.165) is 38.9 Å². The van der Waals surface area contributed by atoms with E-state index in [2.05, 4.69) is 183 Å². The average molecular weight is 734 g/mol. The van der Waals surface area contributed by atoms with Crippen molar-refractivity contribution >= 4 is 31.5 Å². The van der Waals surface area contributed by atoms with Crippen LogP contribution >= 0.6 is 11.3 Å². The van der Waals surface area contributed by atoms with Crippen molar-refractivity contribution in [3.63, 3.8) is 0 Å². The van der Waals surface area contributed by atoms with E-state index in [1.54, 1.807) is 0 Å². The van der Waals surface area contributed by atoms with Crippen LogP contribution in [0.15, 0.2) is 194 Å². The number of hydrogen-bond acceptors (Lipinski definition) is 4. The smallest absolute Gasteiger partial charge is 0.164 e. The molecule has 0 saturated heterocycles. The number of hydrogen-bond donors (Lipinski definition) is 0. The SMILES string of the molecule is Cc1cccc(-c2nc(-c3ccccc3)nc(-c3cc(-c4ccccc4)cc(-c4cccc5c4sc4c(-c6ccc(-c7ccccc7)cc6)cccc45)c3)n2)c1. The Hall–Kier alpha value is -7.01. The van der Waals surface area contributed by atoms with Gasteiger partial charge in [-0.1, -0.05) is 175 Å². The normalized spacial score (nSPS) is 11.3. The lowest BCUT2D eigenvalue weighted by Crippen LogP contribution is -2.00. The van der Waals surface area contributed by atoms with Crippen molar-refractivity contribution in [3.8, 4) is 78.7 Å². The molecule has 0 saturated carbocycles. The van der Waals surface area contributed by atoms with Crippen molar-refractivity contribution in [2.24, 2.45) is 0 Å². The van der Waals surface area contributed by atoms with Crippen LogP contribution < -0.4 is 0 Å². The Morgan fingerprint density at radius 2 is 0.732 bits per heavy atom. The zero-order chi connectivity index (χ0) is 37.4.